The van der Waals surface area contributed by atoms with E-state index in [1.807, 2.05) is 24.4 Å². The maximum atomic E-state index is 12.2. The smallest absolute Gasteiger partial charge is 0.242 e. The van der Waals surface area contributed by atoms with E-state index in [2.05, 4.69) is 34.7 Å². The molecule has 0 saturated carbocycles. The number of aromatic nitrogens is 1. The van der Waals surface area contributed by atoms with Crippen molar-refractivity contribution in [3.63, 3.8) is 0 Å². The maximum absolute atomic E-state index is 12.2. The zero-order valence-corrected chi connectivity index (χ0v) is 18.0. The van der Waals surface area contributed by atoms with E-state index in [1.54, 1.807) is 12.1 Å². The highest BCUT2D eigenvalue weighted by Crippen LogP contribution is 2.21. The Kier molecular flexibility index (Phi) is 6.50. The molecule has 0 radical (unpaired) electrons. The number of rotatable bonds is 6. The number of sulfonamides is 1. The standard InChI is InChI=1S/C21H30N4O2S/c1-17(2)25-13-11-24(12-14-25)16-18-5-10-21(22-15-18)19-6-8-20(9-7-19)28(26,27)23(3)4/h5-10,15,17H,11-14,16H2,1-4H3. The molecule has 1 aliphatic heterocycles. The van der Waals surface area contributed by atoms with Crippen LogP contribution in [0.1, 0.15) is 19.4 Å². The second kappa shape index (κ2) is 8.69. The van der Waals surface area contributed by atoms with E-state index in [-0.39, 0.29) is 0 Å². The molecule has 0 N–H and O–H groups in total. The second-order valence-electron chi connectivity index (χ2n) is 7.77. The number of nitrogens with zero attached hydrogens (tertiary/aromatic N) is 4. The fourth-order valence-corrected chi connectivity index (χ4v) is 4.29. The van der Waals surface area contributed by atoms with Crippen molar-refractivity contribution in [2.24, 2.45) is 0 Å². The molecule has 2 aromatic rings. The molecule has 28 heavy (non-hydrogen) atoms. The summed E-state index contributed by atoms with van der Waals surface area (Å²) in [5.74, 6) is 0. The molecule has 7 heteroatoms. The highest BCUT2D eigenvalue weighted by molar-refractivity contribution is 7.89. The quantitative estimate of drug-likeness (QED) is 0.743. The first-order chi connectivity index (χ1) is 13.3. The van der Waals surface area contributed by atoms with Gasteiger partial charge in [0.25, 0.3) is 0 Å². The van der Waals surface area contributed by atoms with Gasteiger partial charge in [0.15, 0.2) is 0 Å². The summed E-state index contributed by atoms with van der Waals surface area (Å²) in [5, 5.41) is 0. The third-order valence-corrected chi connectivity index (χ3v) is 7.13. The van der Waals surface area contributed by atoms with Gasteiger partial charge in [0.1, 0.15) is 0 Å². The van der Waals surface area contributed by atoms with Gasteiger partial charge in [-0.1, -0.05) is 18.2 Å². The summed E-state index contributed by atoms with van der Waals surface area (Å²) in [5.41, 5.74) is 2.96. The van der Waals surface area contributed by atoms with E-state index < -0.39 is 10.0 Å². The van der Waals surface area contributed by atoms with Crippen LogP contribution in [0.2, 0.25) is 0 Å². The highest BCUT2D eigenvalue weighted by atomic mass is 32.2. The zero-order valence-electron chi connectivity index (χ0n) is 17.2. The molecule has 152 valence electrons. The predicted octanol–water partition coefficient (Wildman–Crippen LogP) is 2.52. The SMILES string of the molecule is CC(C)N1CCN(Cc2ccc(-c3ccc(S(=O)(=O)N(C)C)cc3)nc2)CC1. The van der Waals surface area contributed by atoms with Gasteiger partial charge in [-0.2, -0.15) is 0 Å². The molecule has 1 aromatic carbocycles. The Balaban J connectivity index is 1.63. The molecule has 1 aliphatic rings. The summed E-state index contributed by atoms with van der Waals surface area (Å²) < 4.78 is 25.6. The van der Waals surface area contributed by atoms with Crippen LogP contribution in [-0.2, 0) is 16.6 Å². The van der Waals surface area contributed by atoms with Gasteiger partial charge in [-0.25, -0.2) is 12.7 Å². The van der Waals surface area contributed by atoms with E-state index in [9.17, 15) is 8.42 Å². The van der Waals surface area contributed by atoms with Crippen molar-refractivity contribution < 1.29 is 8.42 Å². The summed E-state index contributed by atoms with van der Waals surface area (Å²) in [6, 6.07) is 11.6. The molecule has 3 rings (SSSR count). The molecule has 0 bridgehead atoms. The fourth-order valence-electron chi connectivity index (χ4n) is 3.39. The molecule has 2 heterocycles. The van der Waals surface area contributed by atoms with Crippen LogP contribution in [0.4, 0.5) is 0 Å². The maximum Gasteiger partial charge on any atom is 0.242 e. The number of piperazine rings is 1. The minimum atomic E-state index is -3.40. The lowest BCUT2D eigenvalue weighted by molar-refractivity contribution is 0.104. The van der Waals surface area contributed by atoms with Crippen LogP contribution >= 0.6 is 0 Å². The van der Waals surface area contributed by atoms with Gasteiger partial charge in [0, 0.05) is 64.6 Å². The molecule has 0 atom stereocenters. The van der Waals surface area contributed by atoms with Crippen LogP contribution in [0.25, 0.3) is 11.3 Å². The van der Waals surface area contributed by atoms with E-state index in [0.717, 1.165) is 44.0 Å². The van der Waals surface area contributed by atoms with Crippen LogP contribution in [0.15, 0.2) is 47.5 Å². The van der Waals surface area contributed by atoms with Gasteiger partial charge >= 0.3 is 0 Å². The molecule has 0 spiro atoms. The van der Waals surface area contributed by atoms with Crippen LogP contribution in [0.3, 0.4) is 0 Å². The third kappa shape index (κ3) is 4.78. The Morgan fingerprint density at radius 1 is 1.00 bits per heavy atom. The monoisotopic (exact) mass is 402 g/mol. The number of hydrogen-bond donors (Lipinski definition) is 0. The average Bonchev–Trinajstić information content (AvgIpc) is 2.69. The average molecular weight is 403 g/mol. The molecule has 1 fully saturated rings. The van der Waals surface area contributed by atoms with Crippen LogP contribution < -0.4 is 0 Å². The molecule has 1 saturated heterocycles. The van der Waals surface area contributed by atoms with Gasteiger partial charge in [-0.3, -0.25) is 14.8 Å². The lowest BCUT2D eigenvalue weighted by Crippen LogP contribution is -2.48. The molecule has 0 amide bonds. The topological polar surface area (TPSA) is 56.8 Å². The van der Waals surface area contributed by atoms with E-state index in [4.69, 9.17) is 0 Å². The van der Waals surface area contributed by atoms with Crippen molar-refractivity contribution in [2.45, 2.75) is 31.3 Å². The number of pyridine rings is 1. The Labute approximate surface area is 168 Å². The molecular weight excluding hydrogens is 372 g/mol. The number of hydrogen-bond acceptors (Lipinski definition) is 5. The molecular formula is C21H30N4O2S. The summed E-state index contributed by atoms with van der Waals surface area (Å²) >= 11 is 0. The first-order valence-corrected chi connectivity index (χ1v) is 11.2. The largest absolute Gasteiger partial charge is 0.298 e. The Bertz CT molecular complexity index is 870. The summed E-state index contributed by atoms with van der Waals surface area (Å²) in [4.78, 5) is 9.86. The summed E-state index contributed by atoms with van der Waals surface area (Å²) in [6.07, 6.45) is 1.93. The third-order valence-electron chi connectivity index (χ3n) is 5.30. The normalized spacial score (nSPS) is 16.8. The van der Waals surface area contributed by atoms with Gasteiger partial charge in [0.2, 0.25) is 10.0 Å². The lowest BCUT2D eigenvalue weighted by atomic mass is 10.1. The Hall–Kier alpha value is -1.80. The van der Waals surface area contributed by atoms with Crippen LogP contribution in [0.5, 0.6) is 0 Å². The van der Waals surface area contributed by atoms with Crippen molar-refractivity contribution >= 4 is 10.0 Å². The Morgan fingerprint density at radius 3 is 2.14 bits per heavy atom. The van der Waals surface area contributed by atoms with Crippen molar-refractivity contribution in [3.8, 4) is 11.3 Å². The summed E-state index contributed by atoms with van der Waals surface area (Å²) in [6.45, 7) is 9.82. The van der Waals surface area contributed by atoms with E-state index in [1.165, 1.54) is 24.0 Å². The molecule has 6 nitrogen and oxygen atoms in total. The first kappa shape index (κ1) is 20.9. The van der Waals surface area contributed by atoms with Gasteiger partial charge < -0.3 is 0 Å². The van der Waals surface area contributed by atoms with Crippen molar-refractivity contribution in [2.75, 3.05) is 40.3 Å². The molecule has 0 unspecified atom stereocenters. The second-order valence-corrected chi connectivity index (χ2v) is 9.92. The number of benzene rings is 1. The van der Waals surface area contributed by atoms with Gasteiger partial charge in [-0.05, 0) is 37.6 Å². The van der Waals surface area contributed by atoms with E-state index >= 15 is 0 Å². The lowest BCUT2D eigenvalue weighted by Gasteiger charge is -2.36. The summed E-state index contributed by atoms with van der Waals surface area (Å²) in [7, 11) is -0.337. The molecule has 1 aromatic heterocycles. The fraction of sp³-hybridized carbons (Fsp3) is 0.476. The van der Waals surface area contributed by atoms with Crippen molar-refractivity contribution in [1.82, 2.24) is 19.1 Å². The first-order valence-electron chi connectivity index (χ1n) is 9.71. The Morgan fingerprint density at radius 2 is 1.64 bits per heavy atom. The van der Waals surface area contributed by atoms with E-state index in [0.29, 0.717) is 10.9 Å². The van der Waals surface area contributed by atoms with Gasteiger partial charge in [-0.15, -0.1) is 0 Å². The highest BCUT2D eigenvalue weighted by Gasteiger charge is 2.19. The van der Waals surface area contributed by atoms with Crippen LogP contribution in [-0.4, -0.2) is 73.8 Å². The van der Waals surface area contributed by atoms with Crippen molar-refractivity contribution in [1.29, 1.82) is 0 Å². The van der Waals surface area contributed by atoms with Crippen molar-refractivity contribution in [3.05, 3.63) is 48.2 Å². The minimum absolute atomic E-state index is 0.290. The van der Waals surface area contributed by atoms with Gasteiger partial charge in [0.05, 0.1) is 10.6 Å². The molecule has 0 aliphatic carbocycles. The predicted molar refractivity (Wildman–Crippen MR) is 113 cm³/mol. The minimum Gasteiger partial charge on any atom is -0.298 e. The van der Waals surface area contributed by atoms with Crippen LogP contribution in [0, 0.1) is 0 Å². The zero-order chi connectivity index (χ0) is 20.3.